The molecule has 3 nitrogen and oxygen atoms in total. The van der Waals surface area contributed by atoms with Crippen molar-refractivity contribution in [1.82, 2.24) is 3.93 Å². The zero-order valence-electron chi connectivity index (χ0n) is 4.72. The van der Waals surface area contributed by atoms with Gasteiger partial charge in [-0.15, -0.1) is 0 Å². The van der Waals surface area contributed by atoms with Crippen LogP contribution in [0.2, 0.25) is 0 Å². The molecule has 0 aromatic heterocycles. The van der Waals surface area contributed by atoms with Gasteiger partial charge in [0.15, 0.2) is 0 Å². The van der Waals surface area contributed by atoms with Crippen LogP contribution in [0.25, 0.3) is 0 Å². The van der Waals surface area contributed by atoms with Gasteiger partial charge in [-0.3, -0.25) is 8.72 Å². The van der Waals surface area contributed by atoms with E-state index in [0.29, 0.717) is 6.54 Å². The molecule has 0 rings (SSSR count). The second-order valence-electron chi connectivity index (χ2n) is 1.28. The molecule has 0 aromatic carbocycles. The lowest BCUT2D eigenvalue weighted by atomic mass is 10.6. The van der Waals surface area contributed by atoms with Crippen LogP contribution in [0.5, 0.6) is 0 Å². The molecule has 0 aliphatic rings. The minimum Gasteiger partial charge on any atom is -0.322 e. The van der Waals surface area contributed by atoms with E-state index in [0.717, 1.165) is 0 Å². The summed E-state index contributed by atoms with van der Waals surface area (Å²) in [4.78, 5) is 10.5. The van der Waals surface area contributed by atoms with Gasteiger partial charge in [-0.25, -0.2) is 0 Å². The molecule has 0 atom stereocenters. The van der Waals surface area contributed by atoms with Gasteiger partial charge in [0.1, 0.15) is 0 Å². The topological polar surface area (TPSA) is 46.3 Å². The molecule has 0 saturated heterocycles. The van der Waals surface area contributed by atoms with Crippen molar-refractivity contribution in [2.24, 2.45) is 5.73 Å². The van der Waals surface area contributed by atoms with Crippen molar-refractivity contribution in [3.05, 3.63) is 0 Å². The molecule has 0 aliphatic carbocycles. The minimum absolute atomic E-state index is 0.0685. The molecular formula is C4H9BrN2O. The number of carbonyl (C=O) groups is 1. The number of hydrogen-bond donors (Lipinski definition) is 1. The van der Waals surface area contributed by atoms with Crippen LogP contribution < -0.4 is 5.73 Å². The normalized spacial score (nSPS) is 8.88. The average molecular weight is 181 g/mol. The first-order valence-electron chi connectivity index (χ1n) is 2.38. The molecule has 1 amide bonds. The summed E-state index contributed by atoms with van der Waals surface area (Å²) in [5.41, 5.74) is 5.03. The van der Waals surface area contributed by atoms with E-state index >= 15 is 0 Å². The summed E-state index contributed by atoms with van der Waals surface area (Å²) in [6.07, 6.45) is 0. The Balaban J connectivity index is 3.46. The van der Waals surface area contributed by atoms with E-state index in [9.17, 15) is 4.79 Å². The highest BCUT2D eigenvalue weighted by molar-refractivity contribution is 9.07. The molecule has 0 fully saturated rings. The smallest absolute Gasteiger partial charge is 0.246 e. The van der Waals surface area contributed by atoms with Crippen LogP contribution in [-0.4, -0.2) is 22.9 Å². The van der Waals surface area contributed by atoms with Crippen LogP contribution in [0.4, 0.5) is 0 Å². The number of halogens is 1. The molecule has 0 aliphatic heterocycles. The Morgan fingerprint density at radius 1 is 1.88 bits per heavy atom. The van der Waals surface area contributed by atoms with E-state index < -0.39 is 0 Å². The number of carbonyl (C=O) groups excluding carboxylic acids is 1. The Kier molecular flexibility index (Phi) is 3.81. The third-order valence-corrected chi connectivity index (χ3v) is 1.62. The number of rotatable bonds is 2. The van der Waals surface area contributed by atoms with E-state index in [4.69, 9.17) is 5.73 Å². The van der Waals surface area contributed by atoms with Gasteiger partial charge in [-0.1, -0.05) is 0 Å². The lowest BCUT2D eigenvalue weighted by Gasteiger charge is -2.08. The van der Waals surface area contributed by atoms with Gasteiger partial charge in [-0.2, -0.15) is 0 Å². The maximum atomic E-state index is 10.5. The third kappa shape index (κ3) is 2.28. The molecular weight excluding hydrogens is 172 g/mol. The molecule has 0 unspecified atom stereocenters. The SMILES string of the molecule is CCN(Br)C(=O)CN. The van der Waals surface area contributed by atoms with Crippen molar-refractivity contribution in [3.63, 3.8) is 0 Å². The van der Waals surface area contributed by atoms with Crippen molar-refractivity contribution in [1.29, 1.82) is 0 Å². The third-order valence-electron chi connectivity index (χ3n) is 0.723. The number of nitrogens with two attached hydrogens (primary N) is 1. The summed E-state index contributed by atoms with van der Waals surface area (Å²) in [5, 5.41) is 0. The van der Waals surface area contributed by atoms with Gasteiger partial charge in [0.05, 0.1) is 22.7 Å². The molecule has 8 heavy (non-hydrogen) atoms. The summed E-state index contributed by atoms with van der Waals surface area (Å²) < 4.78 is 1.40. The van der Waals surface area contributed by atoms with Crippen molar-refractivity contribution in [3.8, 4) is 0 Å². The summed E-state index contributed by atoms with van der Waals surface area (Å²) in [6.45, 7) is 2.58. The van der Waals surface area contributed by atoms with Crippen molar-refractivity contribution < 1.29 is 4.79 Å². The van der Waals surface area contributed by atoms with Gasteiger partial charge in [0.2, 0.25) is 5.91 Å². The summed E-state index contributed by atoms with van der Waals surface area (Å²) in [7, 11) is 0. The number of amides is 1. The zero-order chi connectivity index (χ0) is 6.57. The molecule has 0 bridgehead atoms. The van der Waals surface area contributed by atoms with E-state index in [1.165, 1.54) is 3.93 Å². The van der Waals surface area contributed by atoms with E-state index in [1.807, 2.05) is 6.92 Å². The molecule has 48 valence electrons. The lowest BCUT2D eigenvalue weighted by Crippen LogP contribution is -2.27. The van der Waals surface area contributed by atoms with Gasteiger partial charge < -0.3 is 5.73 Å². The van der Waals surface area contributed by atoms with Crippen LogP contribution in [-0.2, 0) is 4.79 Å². The predicted molar refractivity (Wildman–Crippen MR) is 35.4 cm³/mol. The highest BCUT2D eigenvalue weighted by Gasteiger charge is 2.02. The molecule has 2 N–H and O–H groups in total. The first-order chi connectivity index (χ1) is 3.72. The van der Waals surface area contributed by atoms with Crippen LogP contribution in [0.3, 0.4) is 0 Å². The largest absolute Gasteiger partial charge is 0.322 e. The molecule has 0 spiro atoms. The van der Waals surface area contributed by atoms with Crippen molar-refractivity contribution in [2.45, 2.75) is 6.92 Å². The first-order valence-corrected chi connectivity index (χ1v) is 3.09. The highest BCUT2D eigenvalue weighted by Crippen LogP contribution is 1.94. The minimum atomic E-state index is -0.0903. The summed E-state index contributed by atoms with van der Waals surface area (Å²) >= 11 is 3.01. The van der Waals surface area contributed by atoms with E-state index in [1.54, 1.807) is 0 Å². The van der Waals surface area contributed by atoms with Crippen LogP contribution in [0.1, 0.15) is 6.92 Å². The molecule has 0 heterocycles. The Bertz CT molecular complexity index is 86.1. The van der Waals surface area contributed by atoms with Crippen molar-refractivity contribution >= 4 is 22.1 Å². The fourth-order valence-corrected chi connectivity index (χ4v) is 0.420. The first kappa shape index (κ1) is 7.91. The number of likely N-dealkylation sites (N-methyl/N-ethyl adjacent to an activating group) is 1. The fraction of sp³-hybridized carbons (Fsp3) is 0.750. The van der Waals surface area contributed by atoms with Gasteiger partial charge in [-0.05, 0) is 6.92 Å². The van der Waals surface area contributed by atoms with E-state index in [2.05, 4.69) is 16.1 Å². The van der Waals surface area contributed by atoms with E-state index in [-0.39, 0.29) is 12.5 Å². The van der Waals surface area contributed by atoms with Gasteiger partial charge >= 0.3 is 0 Å². The quantitative estimate of drug-likeness (QED) is 0.614. The van der Waals surface area contributed by atoms with Gasteiger partial charge in [0.25, 0.3) is 0 Å². The Morgan fingerprint density at radius 3 is 2.50 bits per heavy atom. The standard InChI is InChI=1S/C4H9BrN2O/c1-2-7(5)4(8)3-6/h2-3,6H2,1H3. The second kappa shape index (κ2) is 3.86. The molecule has 0 aromatic rings. The lowest BCUT2D eigenvalue weighted by molar-refractivity contribution is -0.124. The molecule has 0 radical (unpaired) electrons. The Morgan fingerprint density at radius 2 is 2.38 bits per heavy atom. The maximum Gasteiger partial charge on any atom is 0.246 e. The summed E-state index contributed by atoms with van der Waals surface area (Å²) in [6, 6.07) is 0. The number of hydrogen-bond acceptors (Lipinski definition) is 2. The fourth-order valence-electron chi connectivity index (χ4n) is 0.275. The second-order valence-corrected chi connectivity index (χ2v) is 2.13. The van der Waals surface area contributed by atoms with Crippen LogP contribution in [0.15, 0.2) is 0 Å². The van der Waals surface area contributed by atoms with Gasteiger partial charge in [0, 0.05) is 6.54 Å². The highest BCUT2D eigenvalue weighted by atomic mass is 79.9. The molecule has 0 saturated carbocycles. The van der Waals surface area contributed by atoms with Crippen molar-refractivity contribution in [2.75, 3.05) is 13.1 Å². The summed E-state index contributed by atoms with van der Waals surface area (Å²) in [5.74, 6) is -0.0903. The average Bonchev–Trinajstić information content (AvgIpc) is 1.84. The number of nitrogens with zero attached hydrogens (tertiary/aromatic N) is 1. The predicted octanol–water partition coefficient (Wildman–Crippen LogP) is 0.104. The van der Waals surface area contributed by atoms with Crippen LogP contribution >= 0.6 is 16.1 Å². The monoisotopic (exact) mass is 180 g/mol. The Labute approximate surface area is 57.2 Å². The maximum absolute atomic E-state index is 10.5. The zero-order valence-corrected chi connectivity index (χ0v) is 6.31. The Hall–Kier alpha value is -0.0900. The molecule has 4 heteroatoms. The van der Waals surface area contributed by atoms with Crippen LogP contribution in [0, 0.1) is 0 Å².